The molecule has 1 aromatic heterocycles. The molecule has 0 bridgehead atoms. The summed E-state index contributed by atoms with van der Waals surface area (Å²) in [7, 11) is 0. The Morgan fingerprint density at radius 2 is 1.72 bits per heavy atom. The zero-order valence-electron chi connectivity index (χ0n) is 10.7. The van der Waals surface area contributed by atoms with Crippen LogP contribution in [0.4, 0.5) is 5.95 Å². The van der Waals surface area contributed by atoms with Gasteiger partial charge in [0, 0.05) is 24.0 Å². The van der Waals surface area contributed by atoms with Gasteiger partial charge in [-0.2, -0.15) is 0 Å². The highest BCUT2D eigenvalue weighted by atomic mass is 15.1. The molecule has 0 saturated heterocycles. The van der Waals surface area contributed by atoms with Gasteiger partial charge in [0.15, 0.2) is 0 Å². The second-order valence-electron chi connectivity index (χ2n) is 4.37. The number of hydrogen-bond donors (Lipinski definition) is 2. The highest BCUT2D eigenvalue weighted by molar-refractivity contribution is 5.29. The maximum Gasteiger partial charge on any atom is 0.223 e. The first-order chi connectivity index (χ1) is 8.65. The van der Waals surface area contributed by atoms with Crippen LogP contribution in [0.1, 0.15) is 23.0 Å². The standard InChI is InChI=1S/C14H18N4/c1-10-8-11(2)18-14(17-10)16-9-13(15)12-6-4-3-5-7-12/h3-8,13H,9,15H2,1-2H3,(H,16,17,18). The van der Waals surface area contributed by atoms with Crippen molar-refractivity contribution >= 4 is 5.95 Å². The molecule has 1 unspecified atom stereocenters. The van der Waals surface area contributed by atoms with Crippen LogP contribution in [0.15, 0.2) is 36.4 Å². The van der Waals surface area contributed by atoms with Crippen LogP contribution in [0.5, 0.6) is 0 Å². The molecule has 4 heteroatoms. The fraction of sp³-hybridized carbons (Fsp3) is 0.286. The summed E-state index contributed by atoms with van der Waals surface area (Å²) in [6, 6.07) is 11.9. The molecule has 3 N–H and O–H groups in total. The second-order valence-corrected chi connectivity index (χ2v) is 4.37. The van der Waals surface area contributed by atoms with Gasteiger partial charge in [-0.05, 0) is 25.5 Å². The van der Waals surface area contributed by atoms with Crippen LogP contribution in [0.3, 0.4) is 0 Å². The zero-order chi connectivity index (χ0) is 13.0. The van der Waals surface area contributed by atoms with E-state index >= 15 is 0 Å². The molecule has 0 aliphatic heterocycles. The summed E-state index contributed by atoms with van der Waals surface area (Å²) >= 11 is 0. The molecule has 0 fully saturated rings. The summed E-state index contributed by atoms with van der Waals surface area (Å²) in [4.78, 5) is 8.64. The quantitative estimate of drug-likeness (QED) is 0.862. The molecule has 94 valence electrons. The van der Waals surface area contributed by atoms with E-state index in [1.54, 1.807) is 0 Å². The lowest BCUT2D eigenvalue weighted by Gasteiger charge is -2.13. The molecule has 0 aliphatic rings. The molecule has 0 saturated carbocycles. The fourth-order valence-electron chi connectivity index (χ4n) is 1.82. The molecule has 0 amide bonds. The van der Waals surface area contributed by atoms with Crippen molar-refractivity contribution in [2.24, 2.45) is 5.73 Å². The molecule has 0 aliphatic carbocycles. The molecule has 2 rings (SSSR count). The summed E-state index contributed by atoms with van der Waals surface area (Å²) in [6.07, 6.45) is 0. The number of rotatable bonds is 4. The summed E-state index contributed by atoms with van der Waals surface area (Å²) in [5.74, 6) is 0.638. The van der Waals surface area contributed by atoms with E-state index in [9.17, 15) is 0 Å². The van der Waals surface area contributed by atoms with Gasteiger partial charge in [-0.3, -0.25) is 0 Å². The molecule has 2 aromatic rings. The molecule has 1 atom stereocenters. The van der Waals surface area contributed by atoms with Crippen molar-refractivity contribution in [3.8, 4) is 0 Å². The summed E-state index contributed by atoms with van der Waals surface area (Å²) in [5, 5.41) is 3.18. The molecular formula is C14H18N4. The SMILES string of the molecule is Cc1cc(C)nc(NCC(N)c2ccccc2)n1. The van der Waals surface area contributed by atoms with Crippen molar-refractivity contribution in [1.29, 1.82) is 0 Å². The van der Waals surface area contributed by atoms with Gasteiger partial charge in [0.05, 0.1) is 0 Å². The van der Waals surface area contributed by atoms with E-state index in [2.05, 4.69) is 15.3 Å². The highest BCUT2D eigenvalue weighted by Gasteiger charge is 2.06. The number of nitrogens with one attached hydrogen (secondary N) is 1. The van der Waals surface area contributed by atoms with Crippen molar-refractivity contribution in [1.82, 2.24) is 9.97 Å². The minimum absolute atomic E-state index is 0.0596. The maximum atomic E-state index is 6.10. The maximum absolute atomic E-state index is 6.10. The van der Waals surface area contributed by atoms with Gasteiger partial charge >= 0.3 is 0 Å². The molecule has 0 radical (unpaired) electrons. The minimum Gasteiger partial charge on any atom is -0.352 e. The number of aromatic nitrogens is 2. The topological polar surface area (TPSA) is 63.8 Å². The van der Waals surface area contributed by atoms with Crippen LogP contribution in [0.25, 0.3) is 0 Å². The number of aryl methyl sites for hydroxylation is 2. The van der Waals surface area contributed by atoms with E-state index in [4.69, 9.17) is 5.73 Å². The Kier molecular flexibility index (Phi) is 3.89. The fourth-order valence-corrected chi connectivity index (χ4v) is 1.82. The van der Waals surface area contributed by atoms with Crippen molar-refractivity contribution in [3.05, 3.63) is 53.3 Å². The van der Waals surface area contributed by atoms with Crippen molar-refractivity contribution in [3.63, 3.8) is 0 Å². The lowest BCUT2D eigenvalue weighted by Crippen LogP contribution is -2.21. The van der Waals surface area contributed by atoms with Crippen LogP contribution in [0, 0.1) is 13.8 Å². The lowest BCUT2D eigenvalue weighted by molar-refractivity contribution is 0.757. The largest absolute Gasteiger partial charge is 0.352 e. The third kappa shape index (κ3) is 3.28. The molecule has 0 spiro atoms. The molecule has 1 aromatic carbocycles. The highest BCUT2D eigenvalue weighted by Crippen LogP contribution is 2.10. The van der Waals surface area contributed by atoms with Crippen molar-refractivity contribution in [2.75, 3.05) is 11.9 Å². The summed E-state index contributed by atoms with van der Waals surface area (Å²) < 4.78 is 0. The van der Waals surface area contributed by atoms with Gasteiger partial charge in [0.25, 0.3) is 0 Å². The predicted octanol–water partition coefficient (Wildman–Crippen LogP) is 2.21. The van der Waals surface area contributed by atoms with E-state index in [1.165, 1.54) is 0 Å². The van der Waals surface area contributed by atoms with Crippen LogP contribution >= 0.6 is 0 Å². The zero-order valence-corrected chi connectivity index (χ0v) is 10.7. The van der Waals surface area contributed by atoms with E-state index in [0.29, 0.717) is 12.5 Å². The van der Waals surface area contributed by atoms with E-state index in [-0.39, 0.29) is 6.04 Å². The van der Waals surface area contributed by atoms with E-state index < -0.39 is 0 Å². The van der Waals surface area contributed by atoms with Gasteiger partial charge < -0.3 is 11.1 Å². The average Bonchev–Trinajstić information content (AvgIpc) is 2.36. The predicted molar refractivity (Wildman–Crippen MR) is 73.4 cm³/mol. The van der Waals surface area contributed by atoms with Crippen molar-refractivity contribution in [2.45, 2.75) is 19.9 Å². The summed E-state index contributed by atoms with van der Waals surface area (Å²) in [6.45, 7) is 4.53. The van der Waals surface area contributed by atoms with E-state index in [0.717, 1.165) is 17.0 Å². The van der Waals surface area contributed by atoms with Gasteiger partial charge in [0.1, 0.15) is 0 Å². The van der Waals surface area contributed by atoms with Crippen LogP contribution in [-0.4, -0.2) is 16.5 Å². The van der Waals surface area contributed by atoms with Gasteiger partial charge in [-0.25, -0.2) is 9.97 Å². The third-order valence-electron chi connectivity index (χ3n) is 2.69. The van der Waals surface area contributed by atoms with Crippen LogP contribution in [-0.2, 0) is 0 Å². The second kappa shape index (κ2) is 5.60. The minimum atomic E-state index is -0.0596. The van der Waals surface area contributed by atoms with Crippen LogP contribution < -0.4 is 11.1 Å². The first kappa shape index (κ1) is 12.5. The van der Waals surface area contributed by atoms with Gasteiger partial charge in [-0.1, -0.05) is 30.3 Å². The Labute approximate surface area is 107 Å². The smallest absolute Gasteiger partial charge is 0.223 e. The number of anilines is 1. The first-order valence-electron chi connectivity index (χ1n) is 6.02. The van der Waals surface area contributed by atoms with Crippen molar-refractivity contribution < 1.29 is 0 Å². The molecule has 1 heterocycles. The lowest BCUT2D eigenvalue weighted by atomic mass is 10.1. The average molecular weight is 242 g/mol. The monoisotopic (exact) mass is 242 g/mol. The Morgan fingerprint density at radius 3 is 2.33 bits per heavy atom. The molecule has 4 nitrogen and oxygen atoms in total. The van der Waals surface area contributed by atoms with Gasteiger partial charge in [-0.15, -0.1) is 0 Å². The van der Waals surface area contributed by atoms with Gasteiger partial charge in [0.2, 0.25) is 5.95 Å². The summed E-state index contributed by atoms with van der Waals surface area (Å²) in [5.41, 5.74) is 9.12. The molecular weight excluding hydrogens is 224 g/mol. The van der Waals surface area contributed by atoms with E-state index in [1.807, 2.05) is 50.2 Å². The first-order valence-corrected chi connectivity index (χ1v) is 6.02. The Morgan fingerprint density at radius 1 is 1.11 bits per heavy atom. The number of benzene rings is 1. The molecule has 18 heavy (non-hydrogen) atoms. The normalized spacial score (nSPS) is 12.2. The Hall–Kier alpha value is -1.94. The Bertz CT molecular complexity index is 490. The number of nitrogens with two attached hydrogens (primary N) is 1. The van der Waals surface area contributed by atoms with Crippen LogP contribution in [0.2, 0.25) is 0 Å². The number of nitrogens with zero attached hydrogens (tertiary/aromatic N) is 2. The number of hydrogen-bond acceptors (Lipinski definition) is 4. The Balaban J connectivity index is 1.99. The third-order valence-corrected chi connectivity index (χ3v) is 2.69.